The van der Waals surface area contributed by atoms with Gasteiger partial charge in [0.05, 0.1) is 0 Å². The van der Waals surface area contributed by atoms with Gasteiger partial charge in [-0.3, -0.25) is 9.59 Å². The Labute approximate surface area is 271 Å². The van der Waals surface area contributed by atoms with E-state index in [1.807, 2.05) is 36.4 Å². The molecule has 1 heterocycles. The van der Waals surface area contributed by atoms with E-state index in [0.717, 1.165) is 30.5 Å². The summed E-state index contributed by atoms with van der Waals surface area (Å²) in [6.07, 6.45) is 8.55. The van der Waals surface area contributed by atoms with Crippen LogP contribution in [0.4, 0.5) is 11.4 Å². The van der Waals surface area contributed by atoms with Gasteiger partial charge in [-0.2, -0.15) is 0 Å². The first-order valence-electron chi connectivity index (χ1n) is 16.1. The first-order valence-corrected chi connectivity index (χ1v) is 17.4. The van der Waals surface area contributed by atoms with Gasteiger partial charge in [0.1, 0.15) is 16.9 Å². The van der Waals surface area contributed by atoms with Gasteiger partial charge in [0, 0.05) is 18.0 Å². The molecule has 0 amide bonds. The van der Waals surface area contributed by atoms with Crippen molar-refractivity contribution in [3.63, 3.8) is 0 Å². The fourth-order valence-electron chi connectivity index (χ4n) is 7.15. The van der Waals surface area contributed by atoms with Gasteiger partial charge >= 0.3 is 0 Å². The second-order valence-electron chi connectivity index (χ2n) is 12.2. The molecule has 230 valence electrons. The van der Waals surface area contributed by atoms with Crippen molar-refractivity contribution in [1.82, 2.24) is 5.32 Å². The smallest absolute Gasteiger partial charge is 0.253 e. The topological polar surface area (TPSA) is 70.2 Å². The maximum atomic E-state index is 13.4. The maximum Gasteiger partial charge on any atom is 0.253 e. The number of anilines is 2. The quantitative estimate of drug-likeness (QED) is 0.118. The molecule has 3 atom stereocenters. The van der Waals surface area contributed by atoms with Crippen LogP contribution in [0.1, 0.15) is 30.9 Å². The number of benzene rings is 4. The molecule has 0 aromatic heterocycles. The summed E-state index contributed by atoms with van der Waals surface area (Å²) >= 11 is 0. The summed E-state index contributed by atoms with van der Waals surface area (Å²) in [5.41, 5.74) is 1.14. The van der Waals surface area contributed by atoms with Crippen LogP contribution in [-0.2, 0) is 5.54 Å². The average Bonchev–Trinajstić information content (AvgIpc) is 3.84. The molecule has 5 aromatic carbocycles. The molecule has 7 rings (SSSR count). The van der Waals surface area contributed by atoms with Gasteiger partial charge in [-0.25, -0.2) is 0 Å². The Morgan fingerprint density at radius 2 is 1.26 bits per heavy atom. The molecule has 1 aliphatic heterocycles. The minimum absolute atomic E-state index is 0.0274. The summed E-state index contributed by atoms with van der Waals surface area (Å²) in [4.78, 5) is 26.7. The molecule has 0 saturated carbocycles. The summed E-state index contributed by atoms with van der Waals surface area (Å²) in [7, 11) is -0.788. The molecule has 1 aliphatic carbocycles. The van der Waals surface area contributed by atoms with E-state index < -0.39 is 24.3 Å². The molecule has 5 nitrogen and oxygen atoms in total. The lowest BCUT2D eigenvalue weighted by molar-refractivity contribution is 0.418. The van der Waals surface area contributed by atoms with E-state index in [-0.39, 0.29) is 18.0 Å². The van der Waals surface area contributed by atoms with Crippen LogP contribution >= 0.6 is 7.92 Å². The van der Waals surface area contributed by atoms with Gasteiger partial charge in [0.25, 0.3) is 10.9 Å². The molecular weight excluding hydrogens is 585 g/mol. The molecule has 2 aliphatic rings. The lowest BCUT2D eigenvalue weighted by Crippen LogP contribution is -2.54. The molecule has 5 aromatic rings. The minimum atomic E-state index is -0.788. The molecule has 1 unspecified atom stereocenters. The van der Waals surface area contributed by atoms with Crippen molar-refractivity contribution in [2.24, 2.45) is 5.92 Å². The summed E-state index contributed by atoms with van der Waals surface area (Å²) < 4.78 is 0. The van der Waals surface area contributed by atoms with Gasteiger partial charge in [-0.15, -0.1) is 0 Å². The van der Waals surface area contributed by atoms with E-state index in [1.165, 1.54) is 15.9 Å². The Morgan fingerprint density at radius 1 is 0.739 bits per heavy atom. The third-order valence-electron chi connectivity index (χ3n) is 9.40. The number of hydrogen-bond acceptors (Lipinski definition) is 5. The van der Waals surface area contributed by atoms with Gasteiger partial charge in [0.2, 0.25) is 0 Å². The Kier molecular flexibility index (Phi) is 8.53. The van der Waals surface area contributed by atoms with Crippen LogP contribution in [0.25, 0.3) is 0 Å². The zero-order valence-electron chi connectivity index (χ0n) is 25.9. The Bertz CT molecular complexity index is 1830. The molecule has 0 bridgehead atoms. The van der Waals surface area contributed by atoms with Crippen LogP contribution in [-0.4, -0.2) is 18.6 Å². The second-order valence-corrected chi connectivity index (χ2v) is 14.4. The third kappa shape index (κ3) is 5.44. The summed E-state index contributed by atoms with van der Waals surface area (Å²) in [6, 6.07) is 41.8. The van der Waals surface area contributed by atoms with Crippen molar-refractivity contribution in [2.75, 3.05) is 17.2 Å². The van der Waals surface area contributed by atoms with E-state index in [9.17, 15) is 9.59 Å². The highest BCUT2D eigenvalue weighted by Gasteiger charge is 2.45. The molecule has 46 heavy (non-hydrogen) atoms. The largest absolute Gasteiger partial charge is 0.377 e. The Hall–Kier alpha value is -4.57. The van der Waals surface area contributed by atoms with E-state index in [1.54, 1.807) is 0 Å². The van der Waals surface area contributed by atoms with E-state index >= 15 is 0 Å². The van der Waals surface area contributed by atoms with Gasteiger partial charge < -0.3 is 16.0 Å². The number of nitrogens with one attached hydrogen (secondary N) is 3. The summed E-state index contributed by atoms with van der Waals surface area (Å²) in [6.45, 7) is 3.01. The lowest BCUT2D eigenvalue weighted by atomic mass is 9.75. The molecule has 3 N–H and O–H groups in total. The van der Waals surface area contributed by atoms with Crippen molar-refractivity contribution < 1.29 is 0 Å². The molecular formula is C40H38N3O2P. The van der Waals surface area contributed by atoms with E-state index in [0.29, 0.717) is 11.4 Å². The van der Waals surface area contributed by atoms with Crippen LogP contribution in [0.15, 0.2) is 154 Å². The zero-order chi connectivity index (χ0) is 31.5. The van der Waals surface area contributed by atoms with Gasteiger partial charge in [-0.1, -0.05) is 140 Å². The van der Waals surface area contributed by atoms with Crippen LogP contribution in [0.3, 0.4) is 0 Å². The van der Waals surface area contributed by atoms with Crippen LogP contribution in [0.2, 0.25) is 0 Å². The normalized spacial score (nSPS) is 18.5. The third-order valence-corrected chi connectivity index (χ3v) is 12.0. The first kappa shape index (κ1) is 30.1. The average molecular weight is 624 g/mol. The Balaban J connectivity index is 1.24. The van der Waals surface area contributed by atoms with E-state index in [4.69, 9.17) is 0 Å². The Morgan fingerprint density at radius 3 is 1.78 bits per heavy atom. The van der Waals surface area contributed by atoms with Crippen molar-refractivity contribution in [3.8, 4) is 0 Å². The standard InChI is InChI=1S/C40H38N3O2P/c1-28(33-24-14-25-34(33)46(31-20-10-4-11-21-31)32-22-12-5-13-23-32)42-36-37(39(45)38(36)44)43-40(35-26-15-27-41-35,29-16-6-2-7-17-29)30-18-8-3-9-19-30/h2-14,16-25,28,33,35,41-43H,15,26-27H2,1H3/t28-,33+,35?/m1/s1. The fourth-order valence-corrected chi connectivity index (χ4v) is 9.83. The second kappa shape index (κ2) is 13.0. The van der Waals surface area contributed by atoms with Crippen molar-refractivity contribution >= 4 is 29.9 Å². The van der Waals surface area contributed by atoms with Crippen LogP contribution in [0.5, 0.6) is 0 Å². The highest BCUT2D eigenvalue weighted by molar-refractivity contribution is 7.76. The van der Waals surface area contributed by atoms with Gasteiger partial charge in [-0.05, 0) is 61.3 Å². The van der Waals surface area contributed by atoms with Crippen LogP contribution in [0, 0.1) is 5.92 Å². The summed E-state index contributed by atoms with van der Waals surface area (Å²) in [5.74, 6) is 0.0493. The maximum absolute atomic E-state index is 13.4. The van der Waals surface area contributed by atoms with Crippen molar-refractivity contribution in [3.05, 3.63) is 176 Å². The SMILES string of the molecule is C[C@@H](Nc1c(NC(c2ccccc2)(c2ccccc2)C2CCCN2)c(=O)c1=O)[C@@H]1C=CC=C1P(c1ccccc1)c1ccccc1. The monoisotopic (exact) mass is 623 g/mol. The predicted molar refractivity (Wildman–Crippen MR) is 193 cm³/mol. The highest BCUT2D eigenvalue weighted by Crippen LogP contribution is 2.50. The van der Waals surface area contributed by atoms with Gasteiger partial charge in [0.15, 0.2) is 0 Å². The molecule has 1 saturated heterocycles. The van der Waals surface area contributed by atoms with Crippen molar-refractivity contribution in [2.45, 2.75) is 37.4 Å². The van der Waals surface area contributed by atoms with E-state index in [2.05, 4.69) is 126 Å². The fraction of sp³-hybridized carbons (Fsp3) is 0.200. The minimum Gasteiger partial charge on any atom is -0.377 e. The zero-order valence-corrected chi connectivity index (χ0v) is 26.8. The number of rotatable bonds is 11. The first-order chi connectivity index (χ1) is 22.6. The molecule has 6 heteroatoms. The predicted octanol–water partition coefficient (Wildman–Crippen LogP) is 6.39. The molecule has 0 spiro atoms. The van der Waals surface area contributed by atoms with Crippen LogP contribution < -0.4 is 37.4 Å². The number of allylic oxidation sites excluding steroid dienone is 2. The number of hydrogen-bond donors (Lipinski definition) is 3. The highest BCUT2D eigenvalue weighted by atomic mass is 31.1. The molecule has 0 radical (unpaired) electrons. The lowest BCUT2D eigenvalue weighted by Gasteiger charge is -2.42. The molecule has 1 fully saturated rings. The summed E-state index contributed by atoms with van der Waals surface area (Å²) in [5, 5.41) is 14.8. The van der Waals surface area contributed by atoms with Crippen molar-refractivity contribution in [1.29, 1.82) is 0 Å².